The smallest absolute Gasteiger partial charge is 0.238 e. The molecule has 2 N–H and O–H groups in total. The van der Waals surface area contributed by atoms with Gasteiger partial charge in [-0.25, -0.2) is 0 Å². The number of fused-ring (bicyclic) bond motifs is 1. The molecule has 4 rings (SSSR count). The number of nitrogens with zero attached hydrogens (tertiary/aromatic N) is 1. The number of benzene rings is 2. The minimum atomic E-state index is -0.237. The van der Waals surface area contributed by atoms with Gasteiger partial charge in [-0.3, -0.25) is 9.89 Å². The lowest BCUT2D eigenvalue weighted by Gasteiger charge is -2.22. The van der Waals surface area contributed by atoms with Crippen molar-refractivity contribution >= 4 is 23.5 Å². The number of aryl methyl sites for hydroxylation is 2. The van der Waals surface area contributed by atoms with E-state index in [0.717, 1.165) is 22.4 Å². The molecule has 30 heavy (non-hydrogen) atoms. The SMILES string of the molecule is COc1cccc(C2SC(C)C(=O)Nc3n[nH]c(C)c32)c1OCc1cccc(C)c1. The van der Waals surface area contributed by atoms with Gasteiger partial charge in [0.15, 0.2) is 17.3 Å². The third-order valence-corrected chi connectivity index (χ3v) is 6.57. The van der Waals surface area contributed by atoms with Crippen LogP contribution in [0.5, 0.6) is 11.5 Å². The second-order valence-corrected chi connectivity index (χ2v) is 8.87. The maximum atomic E-state index is 12.5. The van der Waals surface area contributed by atoms with Crippen LogP contribution in [-0.2, 0) is 11.4 Å². The molecule has 1 amide bonds. The van der Waals surface area contributed by atoms with Crippen molar-refractivity contribution in [1.82, 2.24) is 10.2 Å². The molecule has 0 radical (unpaired) electrons. The first-order valence-electron chi connectivity index (χ1n) is 9.84. The topological polar surface area (TPSA) is 76.2 Å². The van der Waals surface area contributed by atoms with Crippen LogP contribution in [0.25, 0.3) is 0 Å². The molecular weight excluding hydrogens is 398 g/mol. The number of H-pyrrole nitrogens is 1. The molecule has 6 nitrogen and oxygen atoms in total. The number of hydrogen-bond acceptors (Lipinski definition) is 5. The highest BCUT2D eigenvalue weighted by atomic mass is 32.2. The van der Waals surface area contributed by atoms with Crippen molar-refractivity contribution in [2.45, 2.75) is 37.9 Å². The third-order valence-electron chi connectivity index (χ3n) is 5.19. The van der Waals surface area contributed by atoms with Crippen molar-refractivity contribution in [3.63, 3.8) is 0 Å². The van der Waals surface area contributed by atoms with Crippen LogP contribution in [0, 0.1) is 13.8 Å². The van der Waals surface area contributed by atoms with Crippen molar-refractivity contribution in [3.05, 3.63) is 70.4 Å². The van der Waals surface area contributed by atoms with Crippen molar-refractivity contribution in [2.24, 2.45) is 0 Å². The Morgan fingerprint density at radius 3 is 2.73 bits per heavy atom. The fourth-order valence-corrected chi connectivity index (χ4v) is 4.99. The summed E-state index contributed by atoms with van der Waals surface area (Å²) in [6.07, 6.45) is 0. The summed E-state index contributed by atoms with van der Waals surface area (Å²) < 4.78 is 11.9. The van der Waals surface area contributed by atoms with Crippen LogP contribution in [0.1, 0.15) is 40.1 Å². The van der Waals surface area contributed by atoms with E-state index < -0.39 is 0 Å². The number of carbonyl (C=O) groups is 1. The van der Waals surface area contributed by atoms with Gasteiger partial charge in [-0.15, -0.1) is 11.8 Å². The molecule has 0 fully saturated rings. The van der Waals surface area contributed by atoms with Crippen molar-refractivity contribution in [1.29, 1.82) is 0 Å². The van der Waals surface area contributed by atoms with E-state index in [-0.39, 0.29) is 16.4 Å². The largest absolute Gasteiger partial charge is 0.493 e. The number of carbonyl (C=O) groups excluding carboxylic acids is 1. The van der Waals surface area contributed by atoms with E-state index in [2.05, 4.69) is 34.6 Å². The van der Waals surface area contributed by atoms with E-state index >= 15 is 0 Å². The fourth-order valence-electron chi connectivity index (χ4n) is 3.65. The van der Waals surface area contributed by atoms with Crippen LogP contribution >= 0.6 is 11.8 Å². The summed E-state index contributed by atoms with van der Waals surface area (Å²) in [5.74, 6) is 1.87. The lowest BCUT2D eigenvalue weighted by atomic mass is 10.0. The third kappa shape index (κ3) is 3.89. The molecule has 2 aromatic carbocycles. The fraction of sp³-hybridized carbons (Fsp3) is 0.304. The van der Waals surface area contributed by atoms with Gasteiger partial charge in [-0.1, -0.05) is 42.0 Å². The zero-order valence-corrected chi connectivity index (χ0v) is 18.3. The molecule has 2 unspecified atom stereocenters. The van der Waals surface area contributed by atoms with Gasteiger partial charge in [0.05, 0.1) is 17.6 Å². The van der Waals surface area contributed by atoms with Gasteiger partial charge in [-0.2, -0.15) is 5.10 Å². The summed E-state index contributed by atoms with van der Waals surface area (Å²) in [6, 6.07) is 14.1. The Hall–Kier alpha value is -2.93. The summed E-state index contributed by atoms with van der Waals surface area (Å²) in [4.78, 5) is 12.5. The number of para-hydroxylation sites is 1. The molecule has 7 heteroatoms. The molecule has 156 valence electrons. The highest BCUT2D eigenvalue weighted by Crippen LogP contribution is 2.49. The standard InChI is InChI=1S/C23H25N3O3S/c1-13-7-5-8-16(11-13)12-29-20-17(9-6-10-18(20)28-4)21-19-14(2)25-26-22(19)24-23(27)15(3)30-21/h5-11,15,21H,12H2,1-4H3,(H2,24,25,26,27). The van der Waals surface area contributed by atoms with Gasteiger partial charge in [0, 0.05) is 16.8 Å². The number of nitrogens with one attached hydrogen (secondary N) is 2. The van der Waals surface area contributed by atoms with E-state index in [0.29, 0.717) is 23.9 Å². The first kappa shape index (κ1) is 20.3. The average molecular weight is 424 g/mol. The van der Waals surface area contributed by atoms with E-state index in [1.54, 1.807) is 18.9 Å². The summed E-state index contributed by atoms with van der Waals surface area (Å²) in [6.45, 7) is 6.37. The highest BCUT2D eigenvalue weighted by Gasteiger charge is 2.34. The number of methoxy groups -OCH3 is 1. The van der Waals surface area contributed by atoms with Gasteiger partial charge in [0.2, 0.25) is 5.91 Å². The Kier molecular flexibility index (Phi) is 5.72. The molecule has 1 aromatic heterocycles. The Labute approximate surface area is 180 Å². The zero-order valence-electron chi connectivity index (χ0n) is 17.5. The van der Waals surface area contributed by atoms with E-state index in [9.17, 15) is 4.79 Å². The number of anilines is 1. The first-order chi connectivity index (χ1) is 14.5. The quantitative estimate of drug-likeness (QED) is 0.618. The summed E-state index contributed by atoms with van der Waals surface area (Å²) >= 11 is 1.58. The Bertz CT molecular complexity index is 1080. The second kappa shape index (κ2) is 8.44. The molecule has 0 aliphatic carbocycles. The van der Waals surface area contributed by atoms with Gasteiger partial charge in [0.1, 0.15) is 6.61 Å². The van der Waals surface area contributed by atoms with Gasteiger partial charge >= 0.3 is 0 Å². The molecule has 0 saturated carbocycles. The van der Waals surface area contributed by atoms with E-state index in [1.807, 2.05) is 44.2 Å². The monoisotopic (exact) mass is 423 g/mol. The van der Waals surface area contributed by atoms with Crippen LogP contribution in [-0.4, -0.2) is 28.5 Å². The number of rotatable bonds is 5. The van der Waals surface area contributed by atoms with Crippen LogP contribution in [0.4, 0.5) is 5.82 Å². The van der Waals surface area contributed by atoms with Crippen LogP contribution < -0.4 is 14.8 Å². The minimum absolute atomic E-state index is 0.0552. The lowest BCUT2D eigenvalue weighted by Crippen LogP contribution is -2.21. The molecule has 2 heterocycles. The number of hydrogen-bond donors (Lipinski definition) is 2. The predicted molar refractivity (Wildman–Crippen MR) is 119 cm³/mol. The van der Waals surface area contributed by atoms with Crippen LogP contribution in [0.15, 0.2) is 42.5 Å². The molecule has 1 aliphatic rings. The summed E-state index contributed by atoms with van der Waals surface area (Å²) in [5.41, 5.74) is 5.12. The van der Waals surface area contributed by atoms with Gasteiger partial charge in [0.25, 0.3) is 0 Å². The Balaban J connectivity index is 1.76. The molecule has 1 aliphatic heterocycles. The minimum Gasteiger partial charge on any atom is -0.493 e. The molecule has 3 aromatic rings. The molecule has 0 saturated heterocycles. The molecule has 0 bridgehead atoms. The number of amides is 1. The molecule has 2 atom stereocenters. The van der Waals surface area contributed by atoms with Crippen LogP contribution in [0.3, 0.4) is 0 Å². The Morgan fingerprint density at radius 2 is 1.97 bits per heavy atom. The average Bonchev–Trinajstić information content (AvgIpc) is 3.03. The number of aromatic amines is 1. The molecular formula is C23H25N3O3S. The summed E-state index contributed by atoms with van der Waals surface area (Å²) in [5, 5.41) is 9.88. The number of thioether (sulfide) groups is 1. The van der Waals surface area contributed by atoms with E-state index in [1.165, 1.54) is 5.56 Å². The lowest BCUT2D eigenvalue weighted by molar-refractivity contribution is -0.115. The van der Waals surface area contributed by atoms with E-state index in [4.69, 9.17) is 9.47 Å². The maximum Gasteiger partial charge on any atom is 0.238 e. The number of ether oxygens (including phenoxy) is 2. The number of aromatic nitrogens is 2. The molecule has 0 spiro atoms. The van der Waals surface area contributed by atoms with Gasteiger partial charge in [-0.05, 0) is 32.4 Å². The summed E-state index contributed by atoms with van der Waals surface area (Å²) in [7, 11) is 1.64. The maximum absolute atomic E-state index is 12.5. The normalized spacial score (nSPS) is 18.3. The second-order valence-electron chi connectivity index (χ2n) is 7.41. The highest BCUT2D eigenvalue weighted by molar-refractivity contribution is 8.01. The van der Waals surface area contributed by atoms with Crippen LogP contribution in [0.2, 0.25) is 0 Å². The van der Waals surface area contributed by atoms with Crippen molar-refractivity contribution < 1.29 is 14.3 Å². The first-order valence-corrected chi connectivity index (χ1v) is 10.8. The van der Waals surface area contributed by atoms with Crippen molar-refractivity contribution in [3.8, 4) is 11.5 Å². The van der Waals surface area contributed by atoms with Gasteiger partial charge < -0.3 is 14.8 Å². The Morgan fingerprint density at radius 1 is 1.17 bits per heavy atom. The zero-order chi connectivity index (χ0) is 21.3. The van der Waals surface area contributed by atoms with Crippen molar-refractivity contribution in [2.75, 3.05) is 12.4 Å². The predicted octanol–water partition coefficient (Wildman–Crippen LogP) is 4.78.